The normalized spacial score (nSPS) is 13.3. The van der Waals surface area contributed by atoms with E-state index in [2.05, 4.69) is 21.2 Å². The van der Waals surface area contributed by atoms with Gasteiger partial charge in [0.05, 0.1) is 5.56 Å². The van der Waals surface area contributed by atoms with Gasteiger partial charge in [-0.05, 0) is 32.4 Å². The molecule has 4 heteroatoms. The van der Waals surface area contributed by atoms with Crippen molar-refractivity contribution in [1.82, 2.24) is 5.32 Å². The summed E-state index contributed by atoms with van der Waals surface area (Å²) >= 11 is 3.42. The van der Waals surface area contributed by atoms with Gasteiger partial charge in [0.1, 0.15) is 5.82 Å². The summed E-state index contributed by atoms with van der Waals surface area (Å²) in [5, 5.41) is 2.81. The van der Waals surface area contributed by atoms with Gasteiger partial charge in [-0.3, -0.25) is 4.79 Å². The summed E-state index contributed by atoms with van der Waals surface area (Å²) in [5.74, 6) is -0.842. The van der Waals surface area contributed by atoms with Crippen LogP contribution in [-0.4, -0.2) is 16.3 Å². The summed E-state index contributed by atoms with van der Waals surface area (Å²) in [5.41, 5.74) is 0.126. The number of nitrogens with one attached hydrogen (secondary N) is 1. The first-order chi connectivity index (χ1) is 7.75. The van der Waals surface area contributed by atoms with Crippen molar-refractivity contribution in [2.45, 2.75) is 38.1 Å². The molecule has 1 unspecified atom stereocenters. The molecular weight excluding hydrogens is 285 g/mol. The van der Waals surface area contributed by atoms with Crippen molar-refractivity contribution in [2.75, 3.05) is 0 Å². The summed E-state index contributed by atoms with van der Waals surface area (Å²) in [6.07, 6.45) is 0. The molecule has 17 heavy (non-hydrogen) atoms. The highest BCUT2D eigenvalue weighted by Crippen LogP contribution is 2.19. The van der Waals surface area contributed by atoms with Crippen LogP contribution in [0, 0.1) is 12.7 Å². The lowest BCUT2D eigenvalue weighted by atomic mass is 10.0. The molecule has 94 valence electrons. The molecule has 0 radical (unpaired) electrons. The zero-order valence-electron chi connectivity index (χ0n) is 10.5. The van der Waals surface area contributed by atoms with Crippen molar-refractivity contribution >= 4 is 21.8 Å². The van der Waals surface area contributed by atoms with Crippen LogP contribution in [0.25, 0.3) is 0 Å². The van der Waals surface area contributed by atoms with Crippen molar-refractivity contribution in [1.29, 1.82) is 0 Å². The monoisotopic (exact) mass is 301 g/mol. The van der Waals surface area contributed by atoms with Gasteiger partial charge in [0.25, 0.3) is 5.91 Å². The van der Waals surface area contributed by atoms with E-state index in [4.69, 9.17) is 0 Å². The van der Waals surface area contributed by atoms with E-state index < -0.39 is 11.4 Å². The van der Waals surface area contributed by atoms with Gasteiger partial charge in [0.15, 0.2) is 0 Å². The molecule has 0 saturated heterocycles. The van der Waals surface area contributed by atoms with Gasteiger partial charge in [0.2, 0.25) is 0 Å². The third-order valence-electron chi connectivity index (χ3n) is 2.87. The van der Waals surface area contributed by atoms with Gasteiger partial charge in [-0.25, -0.2) is 4.39 Å². The lowest BCUT2D eigenvalue weighted by Crippen LogP contribution is -2.49. The van der Waals surface area contributed by atoms with Crippen LogP contribution in [0.2, 0.25) is 0 Å². The maximum Gasteiger partial charge on any atom is 0.254 e. The van der Waals surface area contributed by atoms with Crippen LogP contribution in [0.3, 0.4) is 0 Å². The van der Waals surface area contributed by atoms with Crippen molar-refractivity contribution in [3.63, 3.8) is 0 Å². The molecule has 0 aromatic heterocycles. The highest BCUT2D eigenvalue weighted by Gasteiger charge is 2.27. The first-order valence-electron chi connectivity index (χ1n) is 5.47. The molecule has 0 fully saturated rings. The van der Waals surface area contributed by atoms with Crippen LogP contribution in [0.15, 0.2) is 18.2 Å². The largest absolute Gasteiger partial charge is 0.346 e. The SMILES string of the molecule is Cc1cccc(C(=O)NC(C)(C)C(C)Br)c1F. The molecule has 0 aliphatic carbocycles. The smallest absolute Gasteiger partial charge is 0.254 e. The quantitative estimate of drug-likeness (QED) is 0.852. The Morgan fingerprint density at radius 3 is 2.59 bits per heavy atom. The number of carbonyl (C=O) groups excluding carboxylic acids is 1. The number of alkyl halides is 1. The van der Waals surface area contributed by atoms with Gasteiger partial charge < -0.3 is 5.32 Å². The third kappa shape index (κ3) is 3.28. The summed E-state index contributed by atoms with van der Waals surface area (Å²) < 4.78 is 13.8. The molecule has 1 aromatic carbocycles. The lowest BCUT2D eigenvalue weighted by Gasteiger charge is -2.29. The summed E-state index contributed by atoms with van der Waals surface area (Å²) in [6, 6.07) is 4.81. The Kier molecular flexibility index (Phi) is 4.31. The number of rotatable bonds is 3. The van der Waals surface area contributed by atoms with Crippen LogP contribution in [-0.2, 0) is 0 Å². The fraction of sp³-hybridized carbons (Fsp3) is 0.462. The fourth-order valence-corrected chi connectivity index (χ4v) is 1.40. The van der Waals surface area contributed by atoms with Crippen molar-refractivity contribution in [3.8, 4) is 0 Å². The van der Waals surface area contributed by atoms with E-state index in [1.54, 1.807) is 19.1 Å². The second kappa shape index (κ2) is 5.17. The maximum atomic E-state index is 13.8. The number of benzene rings is 1. The van der Waals surface area contributed by atoms with Crippen LogP contribution in [0.1, 0.15) is 36.7 Å². The maximum absolute atomic E-state index is 13.8. The van der Waals surface area contributed by atoms with E-state index >= 15 is 0 Å². The molecule has 0 saturated carbocycles. The molecule has 1 atom stereocenters. The Labute approximate surface area is 110 Å². The molecule has 1 amide bonds. The fourth-order valence-electron chi connectivity index (χ4n) is 1.28. The molecule has 1 aromatic rings. The van der Waals surface area contributed by atoms with Crippen molar-refractivity contribution < 1.29 is 9.18 Å². The minimum atomic E-state index is -0.456. The van der Waals surface area contributed by atoms with E-state index in [1.807, 2.05) is 20.8 Å². The number of carbonyl (C=O) groups is 1. The number of halogens is 2. The standard InChI is InChI=1S/C13H17BrFNO/c1-8-6-5-7-10(11(8)15)12(17)16-13(3,4)9(2)14/h5-7,9H,1-4H3,(H,16,17). The van der Waals surface area contributed by atoms with Gasteiger partial charge in [-0.1, -0.05) is 35.0 Å². The van der Waals surface area contributed by atoms with Crippen molar-refractivity contribution in [3.05, 3.63) is 35.1 Å². The van der Waals surface area contributed by atoms with Gasteiger partial charge in [-0.2, -0.15) is 0 Å². The lowest BCUT2D eigenvalue weighted by molar-refractivity contribution is 0.0909. The Morgan fingerprint density at radius 1 is 1.47 bits per heavy atom. The number of hydrogen-bond acceptors (Lipinski definition) is 1. The van der Waals surface area contributed by atoms with Crippen molar-refractivity contribution in [2.24, 2.45) is 0 Å². The molecule has 1 rings (SSSR count). The first-order valence-corrected chi connectivity index (χ1v) is 6.39. The molecular formula is C13H17BrFNO. The highest BCUT2D eigenvalue weighted by molar-refractivity contribution is 9.09. The van der Waals surface area contributed by atoms with Crippen LogP contribution in [0.4, 0.5) is 4.39 Å². The van der Waals surface area contributed by atoms with Gasteiger partial charge >= 0.3 is 0 Å². The van der Waals surface area contributed by atoms with Gasteiger partial charge in [-0.15, -0.1) is 0 Å². The summed E-state index contributed by atoms with van der Waals surface area (Å²) in [7, 11) is 0. The Bertz CT molecular complexity index is 429. The second-order valence-electron chi connectivity index (χ2n) is 4.73. The van der Waals surface area contributed by atoms with E-state index in [1.165, 1.54) is 6.07 Å². The topological polar surface area (TPSA) is 29.1 Å². The van der Waals surface area contributed by atoms with E-state index in [9.17, 15) is 9.18 Å². The predicted molar refractivity (Wildman–Crippen MR) is 71.1 cm³/mol. The zero-order chi connectivity index (χ0) is 13.2. The van der Waals surface area contributed by atoms with E-state index in [-0.39, 0.29) is 16.3 Å². The molecule has 0 heterocycles. The Hall–Kier alpha value is -0.900. The average molecular weight is 302 g/mol. The molecule has 0 spiro atoms. The number of amides is 1. The van der Waals surface area contributed by atoms with Crippen LogP contribution in [0.5, 0.6) is 0 Å². The van der Waals surface area contributed by atoms with Gasteiger partial charge in [0, 0.05) is 10.4 Å². The molecule has 0 aliphatic heterocycles. The number of aryl methyl sites for hydroxylation is 1. The summed E-state index contributed by atoms with van der Waals surface area (Å²) in [4.78, 5) is 12.1. The molecule has 1 N–H and O–H groups in total. The minimum absolute atomic E-state index is 0.0891. The third-order valence-corrected chi connectivity index (χ3v) is 4.01. The molecule has 2 nitrogen and oxygen atoms in total. The summed E-state index contributed by atoms with van der Waals surface area (Å²) in [6.45, 7) is 7.35. The molecule has 0 bridgehead atoms. The molecule has 0 aliphatic rings. The van der Waals surface area contributed by atoms with E-state index in [0.717, 1.165) is 0 Å². The average Bonchev–Trinajstić information content (AvgIpc) is 2.21. The highest BCUT2D eigenvalue weighted by atomic mass is 79.9. The second-order valence-corrected chi connectivity index (χ2v) is 6.10. The Morgan fingerprint density at radius 2 is 2.06 bits per heavy atom. The zero-order valence-corrected chi connectivity index (χ0v) is 12.1. The van der Waals surface area contributed by atoms with Crippen LogP contribution >= 0.6 is 15.9 Å². The van der Waals surface area contributed by atoms with E-state index in [0.29, 0.717) is 5.56 Å². The predicted octanol–water partition coefficient (Wildman–Crippen LogP) is 3.43. The Balaban J connectivity index is 2.95. The first kappa shape index (κ1) is 14.2. The number of hydrogen-bond donors (Lipinski definition) is 1. The van der Waals surface area contributed by atoms with Crippen LogP contribution < -0.4 is 5.32 Å². The minimum Gasteiger partial charge on any atom is -0.346 e.